The zero-order valence-corrected chi connectivity index (χ0v) is 14.3. The van der Waals surface area contributed by atoms with E-state index in [1.807, 2.05) is 48.5 Å². The molecule has 1 fully saturated rings. The maximum absolute atomic E-state index is 11.4. The van der Waals surface area contributed by atoms with Crippen molar-refractivity contribution in [1.82, 2.24) is 0 Å². The van der Waals surface area contributed by atoms with Crippen LogP contribution < -0.4 is 0 Å². The Morgan fingerprint density at radius 1 is 1.13 bits per heavy atom. The second kappa shape index (κ2) is 6.51. The highest BCUT2D eigenvalue weighted by Gasteiger charge is 2.39. The lowest BCUT2D eigenvalue weighted by molar-refractivity contribution is 0.0373. The van der Waals surface area contributed by atoms with Gasteiger partial charge in [0.05, 0.1) is 0 Å². The molecule has 2 unspecified atom stereocenters. The van der Waals surface area contributed by atoms with E-state index in [1.54, 1.807) is 0 Å². The molecule has 1 nitrogen and oxygen atoms in total. The van der Waals surface area contributed by atoms with E-state index >= 15 is 0 Å². The topological polar surface area (TPSA) is 20.2 Å². The Morgan fingerprint density at radius 2 is 1.78 bits per heavy atom. The quantitative estimate of drug-likeness (QED) is 0.690. The molecule has 2 aromatic rings. The summed E-state index contributed by atoms with van der Waals surface area (Å²) in [5.74, 6) is 0.634. The minimum atomic E-state index is -0.957. The van der Waals surface area contributed by atoms with Gasteiger partial charge in [0, 0.05) is 10.6 Å². The van der Waals surface area contributed by atoms with E-state index in [1.165, 1.54) is 0 Å². The molecular weight excluding hydrogens is 304 g/mol. The molecule has 0 aromatic heterocycles. The first-order valence-electron chi connectivity index (χ1n) is 8.31. The summed E-state index contributed by atoms with van der Waals surface area (Å²) in [6, 6.07) is 15.8. The number of rotatable bonds is 3. The summed E-state index contributed by atoms with van der Waals surface area (Å²) in [7, 11) is 0. The smallest absolute Gasteiger partial charge is 0.111 e. The molecule has 1 aliphatic carbocycles. The lowest BCUT2D eigenvalue weighted by Gasteiger charge is -2.39. The molecule has 0 aliphatic heterocycles. The summed E-state index contributed by atoms with van der Waals surface area (Å²) >= 11 is 6.39. The normalized spacial score (nSPS) is 24.7. The minimum absolute atomic E-state index is 0.634. The third-order valence-corrected chi connectivity index (χ3v) is 5.48. The standard InChI is InChI=1S/C21H23ClO/c1-3-16-12-13-21(23,15(2)14-16)19-10-6-4-8-17(19)18-9-5-7-11-20(18)22/h4-11,16,23H,2-3,12-14H2,1H3. The van der Waals surface area contributed by atoms with Gasteiger partial charge in [-0.25, -0.2) is 0 Å². The fourth-order valence-corrected chi connectivity index (χ4v) is 3.88. The Kier molecular flexibility index (Phi) is 4.61. The van der Waals surface area contributed by atoms with Crippen molar-refractivity contribution in [3.05, 3.63) is 71.3 Å². The van der Waals surface area contributed by atoms with Gasteiger partial charge in [0.2, 0.25) is 0 Å². The second-order valence-corrected chi connectivity index (χ2v) is 6.91. The molecule has 0 bridgehead atoms. The molecular formula is C21H23ClO. The van der Waals surface area contributed by atoms with Gasteiger partial charge in [-0.1, -0.05) is 74.0 Å². The fraction of sp³-hybridized carbons (Fsp3) is 0.333. The van der Waals surface area contributed by atoms with Gasteiger partial charge >= 0.3 is 0 Å². The monoisotopic (exact) mass is 326 g/mol. The van der Waals surface area contributed by atoms with E-state index in [2.05, 4.69) is 13.5 Å². The van der Waals surface area contributed by atoms with Gasteiger partial charge in [-0.2, -0.15) is 0 Å². The van der Waals surface area contributed by atoms with E-state index in [0.29, 0.717) is 10.9 Å². The van der Waals surface area contributed by atoms with Gasteiger partial charge in [-0.05, 0) is 47.9 Å². The van der Waals surface area contributed by atoms with Gasteiger partial charge in [0.15, 0.2) is 0 Å². The Morgan fingerprint density at radius 3 is 2.43 bits per heavy atom. The van der Waals surface area contributed by atoms with Crippen molar-refractivity contribution >= 4 is 11.6 Å². The van der Waals surface area contributed by atoms with Gasteiger partial charge in [-0.3, -0.25) is 0 Å². The Labute approximate surface area is 143 Å². The van der Waals surface area contributed by atoms with Crippen molar-refractivity contribution in [2.24, 2.45) is 5.92 Å². The van der Waals surface area contributed by atoms with Gasteiger partial charge < -0.3 is 5.11 Å². The number of hydrogen-bond acceptors (Lipinski definition) is 1. The van der Waals surface area contributed by atoms with E-state index in [9.17, 15) is 5.11 Å². The number of halogens is 1. The lowest BCUT2D eigenvalue weighted by Crippen LogP contribution is -2.34. The van der Waals surface area contributed by atoms with Crippen LogP contribution >= 0.6 is 11.6 Å². The Hall–Kier alpha value is -1.57. The van der Waals surface area contributed by atoms with Crippen molar-refractivity contribution in [3.8, 4) is 11.1 Å². The molecule has 2 heteroatoms. The van der Waals surface area contributed by atoms with Gasteiger partial charge in [0.1, 0.15) is 5.60 Å². The molecule has 0 heterocycles. The van der Waals surface area contributed by atoms with Crippen LogP contribution in [0.5, 0.6) is 0 Å². The highest BCUT2D eigenvalue weighted by atomic mass is 35.5. The molecule has 0 saturated heterocycles. The Balaban J connectivity index is 2.08. The lowest BCUT2D eigenvalue weighted by atomic mass is 9.70. The molecule has 0 amide bonds. The van der Waals surface area contributed by atoms with Crippen LogP contribution in [0.25, 0.3) is 11.1 Å². The summed E-state index contributed by atoms with van der Waals surface area (Å²) in [4.78, 5) is 0. The molecule has 2 atom stereocenters. The molecule has 3 rings (SSSR count). The molecule has 2 aromatic carbocycles. The maximum atomic E-state index is 11.4. The van der Waals surface area contributed by atoms with Crippen LogP contribution in [0, 0.1) is 5.92 Å². The molecule has 1 N–H and O–H groups in total. The number of hydrogen-bond donors (Lipinski definition) is 1. The molecule has 1 aliphatic rings. The minimum Gasteiger partial charge on any atom is -0.381 e. The summed E-state index contributed by atoms with van der Waals surface area (Å²) in [5, 5.41) is 12.1. The van der Waals surface area contributed by atoms with Crippen molar-refractivity contribution in [2.75, 3.05) is 0 Å². The highest BCUT2D eigenvalue weighted by Crippen LogP contribution is 2.47. The van der Waals surface area contributed by atoms with Crippen molar-refractivity contribution in [3.63, 3.8) is 0 Å². The molecule has 120 valence electrons. The highest BCUT2D eigenvalue weighted by molar-refractivity contribution is 6.33. The zero-order chi connectivity index (χ0) is 16.4. The van der Waals surface area contributed by atoms with Crippen LogP contribution in [-0.2, 0) is 5.60 Å². The van der Waals surface area contributed by atoms with E-state index in [0.717, 1.165) is 47.9 Å². The van der Waals surface area contributed by atoms with E-state index in [4.69, 9.17) is 11.6 Å². The van der Waals surface area contributed by atoms with Crippen molar-refractivity contribution < 1.29 is 5.11 Å². The van der Waals surface area contributed by atoms with Crippen LogP contribution in [-0.4, -0.2) is 5.11 Å². The van der Waals surface area contributed by atoms with Crippen LogP contribution in [0.4, 0.5) is 0 Å². The fourth-order valence-electron chi connectivity index (χ4n) is 3.64. The Bertz CT molecular complexity index is 721. The molecule has 0 radical (unpaired) electrons. The summed E-state index contributed by atoms with van der Waals surface area (Å²) in [6.07, 6.45) is 3.79. The summed E-state index contributed by atoms with van der Waals surface area (Å²) in [5.41, 5.74) is 2.85. The third kappa shape index (κ3) is 2.96. The first-order valence-corrected chi connectivity index (χ1v) is 8.69. The molecule has 23 heavy (non-hydrogen) atoms. The van der Waals surface area contributed by atoms with Crippen LogP contribution in [0.2, 0.25) is 5.02 Å². The van der Waals surface area contributed by atoms with E-state index < -0.39 is 5.60 Å². The van der Waals surface area contributed by atoms with Crippen LogP contribution in [0.1, 0.15) is 38.2 Å². The number of benzene rings is 2. The second-order valence-electron chi connectivity index (χ2n) is 6.51. The van der Waals surface area contributed by atoms with Gasteiger partial charge in [-0.15, -0.1) is 0 Å². The number of aliphatic hydroxyl groups is 1. The van der Waals surface area contributed by atoms with Crippen LogP contribution in [0.15, 0.2) is 60.7 Å². The van der Waals surface area contributed by atoms with E-state index in [-0.39, 0.29) is 0 Å². The van der Waals surface area contributed by atoms with Crippen molar-refractivity contribution in [2.45, 2.75) is 38.2 Å². The first-order chi connectivity index (χ1) is 11.1. The average Bonchev–Trinajstić information content (AvgIpc) is 2.58. The largest absolute Gasteiger partial charge is 0.381 e. The average molecular weight is 327 g/mol. The predicted molar refractivity (Wildman–Crippen MR) is 97.6 cm³/mol. The summed E-state index contributed by atoms with van der Waals surface area (Å²) < 4.78 is 0. The van der Waals surface area contributed by atoms with Gasteiger partial charge in [0.25, 0.3) is 0 Å². The zero-order valence-electron chi connectivity index (χ0n) is 13.6. The SMILES string of the molecule is C=C1CC(CC)CCC1(O)c1ccccc1-c1ccccc1Cl. The first kappa shape index (κ1) is 16.3. The molecule has 1 saturated carbocycles. The predicted octanol–water partition coefficient (Wildman–Crippen LogP) is 5.96. The van der Waals surface area contributed by atoms with Crippen LogP contribution in [0.3, 0.4) is 0 Å². The van der Waals surface area contributed by atoms with Crippen molar-refractivity contribution in [1.29, 1.82) is 0 Å². The molecule has 0 spiro atoms. The third-order valence-electron chi connectivity index (χ3n) is 5.15. The summed E-state index contributed by atoms with van der Waals surface area (Å²) in [6.45, 7) is 6.42. The maximum Gasteiger partial charge on any atom is 0.111 e.